The van der Waals surface area contributed by atoms with Crippen LogP contribution in [0.1, 0.15) is 18.4 Å². The lowest BCUT2D eigenvalue weighted by atomic mass is 10.0. The van der Waals surface area contributed by atoms with Gasteiger partial charge in [-0.1, -0.05) is 42.5 Å². The average molecular weight is 312 g/mol. The van der Waals surface area contributed by atoms with Crippen LogP contribution >= 0.6 is 0 Å². The Kier molecular flexibility index (Phi) is 4.57. The van der Waals surface area contributed by atoms with Gasteiger partial charge in [-0.05, 0) is 29.2 Å². The SMILES string of the molecule is NC(=O)[C@H](Cc1ccc2ccccc2c1)NC(=O)[C@@H]1CCCO1. The van der Waals surface area contributed by atoms with E-state index >= 15 is 0 Å². The summed E-state index contributed by atoms with van der Waals surface area (Å²) in [6.45, 7) is 0.587. The summed E-state index contributed by atoms with van der Waals surface area (Å²) in [5.74, 6) is -0.795. The Bertz CT molecular complexity index is 723. The van der Waals surface area contributed by atoms with Crippen molar-refractivity contribution in [1.29, 1.82) is 0 Å². The van der Waals surface area contributed by atoms with Gasteiger partial charge in [0.15, 0.2) is 0 Å². The van der Waals surface area contributed by atoms with Crippen LogP contribution in [-0.4, -0.2) is 30.6 Å². The van der Waals surface area contributed by atoms with Gasteiger partial charge in [0.25, 0.3) is 0 Å². The molecule has 3 rings (SSSR count). The highest BCUT2D eigenvalue weighted by Gasteiger charge is 2.27. The lowest BCUT2D eigenvalue weighted by molar-refractivity contribution is -0.133. The zero-order valence-electron chi connectivity index (χ0n) is 12.8. The molecule has 5 nitrogen and oxygen atoms in total. The van der Waals surface area contributed by atoms with Gasteiger partial charge >= 0.3 is 0 Å². The molecule has 2 amide bonds. The molecule has 0 aromatic heterocycles. The molecular weight excluding hydrogens is 292 g/mol. The second kappa shape index (κ2) is 6.79. The molecule has 23 heavy (non-hydrogen) atoms. The minimum absolute atomic E-state index is 0.257. The molecule has 5 heteroatoms. The molecule has 1 saturated heterocycles. The van der Waals surface area contributed by atoms with Gasteiger partial charge in [-0.3, -0.25) is 9.59 Å². The van der Waals surface area contributed by atoms with Crippen LogP contribution in [0.15, 0.2) is 42.5 Å². The van der Waals surface area contributed by atoms with Crippen molar-refractivity contribution < 1.29 is 14.3 Å². The zero-order chi connectivity index (χ0) is 16.2. The second-order valence-electron chi connectivity index (χ2n) is 5.85. The number of benzene rings is 2. The maximum absolute atomic E-state index is 12.1. The second-order valence-corrected chi connectivity index (χ2v) is 5.85. The molecule has 1 heterocycles. The largest absolute Gasteiger partial charge is 0.368 e. The number of hydrogen-bond acceptors (Lipinski definition) is 3. The predicted molar refractivity (Wildman–Crippen MR) is 87.8 cm³/mol. The normalized spacial score (nSPS) is 18.7. The summed E-state index contributed by atoms with van der Waals surface area (Å²) < 4.78 is 5.34. The highest BCUT2D eigenvalue weighted by atomic mass is 16.5. The molecule has 0 aliphatic carbocycles. The molecule has 0 unspecified atom stereocenters. The van der Waals surface area contributed by atoms with Gasteiger partial charge in [0.05, 0.1) is 0 Å². The summed E-state index contributed by atoms with van der Waals surface area (Å²) in [5, 5.41) is 4.95. The maximum atomic E-state index is 12.1. The first-order valence-electron chi connectivity index (χ1n) is 7.82. The lowest BCUT2D eigenvalue weighted by Gasteiger charge is -2.18. The summed E-state index contributed by atoms with van der Waals surface area (Å²) in [6.07, 6.45) is 1.46. The zero-order valence-corrected chi connectivity index (χ0v) is 12.8. The molecule has 0 saturated carbocycles. The molecule has 3 N–H and O–H groups in total. The van der Waals surface area contributed by atoms with E-state index in [9.17, 15) is 9.59 Å². The maximum Gasteiger partial charge on any atom is 0.249 e. The molecule has 0 radical (unpaired) electrons. The Morgan fingerprint density at radius 3 is 2.70 bits per heavy atom. The number of rotatable bonds is 5. The van der Waals surface area contributed by atoms with Gasteiger partial charge in [0.2, 0.25) is 11.8 Å². The summed E-state index contributed by atoms with van der Waals surface area (Å²) in [4.78, 5) is 23.8. The van der Waals surface area contributed by atoms with Gasteiger partial charge in [-0.2, -0.15) is 0 Å². The fraction of sp³-hybridized carbons (Fsp3) is 0.333. The minimum Gasteiger partial charge on any atom is -0.368 e. The Morgan fingerprint density at radius 1 is 1.22 bits per heavy atom. The monoisotopic (exact) mass is 312 g/mol. The van der Waals surface area contributed by atoms with Gasteiger partial charge in [0, 0.05) is 13.0 Å². The number of ether oxygens (including phenoxy) is 1. The number of hydrogen-bond donors (Lipinski definition) is 2. The van der Waals surface area contributed by atoms with E-state index in [1.165, 1.54) is 0 Å². The van der Waals surface area contributed by atoms with E-state index in [1.807, 2.05) is 42.5 Å². The Hall–Kier alpha value is -2.40. The Labute approximate surface area is 134 Å². The summed E-state index contributed by atoms with van der Waals surface area (Å²) in [7, 11) is 0. The Morgan fingerprint density at radius 2 is 2.00 bits per heavy atom. The van der Waals surface area contributed by atoms with Crippen molar-refractivity contribution in [3.05, 3.63) is 48.0 Å². The van der Waals surface area contributed by atoms with Crippen LogP contribution in [0.2, 0.25) is 0 Å². The number of primary amides is 1. The average Bonchev–Trinajstić information content (AvgIpc) is 3.08. The molecule has 2 aromatic rings. The van der Waals surface area contributed by atoms with Crippen LogP contribution in [0.3, 0.4) is 0 Å². The van der Waals surface area contributed by atoms with E-state index in [2.05, 4.69) is 5.32 Å². The molecule has 0 spiro atoms. The number of amides is 2. The van der Waals surface area contributed by atoms with Gasteiger partial charge in [-0.25, -0.2) is 0 Å². The highest BCUT2D eigenvalue weighted by Crippen LogP contribution is 2.17. The van der Waals surface area contributed by atoms with Gasteiger partial charge < -0.3 is 15.8 Å². The first kappa shape index (κ1) is 15.5. The van der Waals surface area contributed by atoms with Crippen molar-refractivity contribution >= 4 is 22.6 Å². The van der Waals surface area contributed by atoms with E-state index in [1.54, 1.807) is 0 Å². The van der Waals surface area contributed by atoms with Crippen molar-refractivity contribution in [1.82, 2.24) is 5.32 Å². The number of nitrogens with two attached hydrogens (primary N) is 1. The first-order valence-corrected chi connectivity index (χ1v) is 7.82. The van der Waals surface area contributed by atoms with Crippen molar-refractivity contribution in [3.8, 4) is 0 Å². The minimum atomic E-state index is -0.729. The topological polar surface area (TPSA) is 81.4 Å². The first-order chi connectivity index (χ1) is 11.1. The standard InChI is InChI=1S/C18H20N2O3/c19-17(21)15(20-18(22)16-6-3-9-23-16)11-12-7-8-13-4-1-2-5-14(13)10-12/h1-2,4-5,7-8,10,15-16H,3,6,9,11H2,(H2,19,21)(H,20,22)/t15-,16-/m0/s1. The summed E-state index contributed by atoms with van der Waals surface area (Å²) in [5.41, 5.74) is 6.41. The quantitative estimate of drug-likeness (QED) is 0.878. The lowest BCUT2D eigenvalue weighted by Crippen LogP contribution is -2.49. The smallest absolute Gasteiger partial charge is 0.249 e. The Balaban J connectivity index is 1.72. The van der Waals surface area contributed by atoms with Crippen LogP contribution in [0, 0.1) is 0 Å². The van der Waals surface area contributed by atoms with Crippen LogP contribution < -0.4 is 11.1 Å². The summed E-state index contributed by atoms with van der Waals surface area (Å²) in [6, 6.07) is 13.2. The molecule has 1 fully saturated rings. The van der Waals surface area contributed by atoms with E-state index in [0.717, 1.165) is 22.8 Å². The molecule has 0 bridgehead atoms. The molecule has 120 valence electrons. The number of carbonyl (C=O) groups excluding carboxylic acids is 2. The van der Waals surface area contributed by atoms with E-state index in [4.69, 9.17) is 10.5 Å². The van der Waals surface area contributed by atoms with E-state index < -0.39 is 18.1 Å². The van der Waals surface area contributed by atoms with Crippen LogP contribution in [0.5, 0.6) is 0 Å². The van der Waals surface area contributed by atoms with Gasteiger partial charge in [0.1, 0.15) is 12.1 Å². The molecule has 2 atom stereocenters. The fourth-order valence-corrected chi connectivity index (χ4v) is 2.87. The van der Waals surface area contributed by atoms with E-state index in [-0.39, 0.29) is 5.91 Å². The third-order valence-corrected chi connectivity index (χ3v) is 4.14. The fourth-order valence-electron chi connectivity index (χ4n) is 2.87. The number of nitrogens with one attached hydrogen (secondary N) is 1. The third kappa shape index (κ3) is 3.68. The molecule has 1 aliphatic heterocycles. The van der Waals surface area contributed by atoms with Crippen LogP contribution in [0.25, 0.3) is 10.8 Å². The van der Waals surface area contributed by atoms with Crippen LogP contribution in [-0.2, 0) is 20.7 Å². The molecule has 1 aliphatic rings. The van der Waals surface area contributed by atoms with Gasteiger partial charge in [-0.15, -0.1) is 0 Å². The predicted octanol–water partition coefficient (Wildman–Crippen LogP) is 1.53. The van der Waals surface area contributed by atoms with Crippen molar-refractivity contribution in [2.45, 2.75) is 31.4 Å². The number of carbonyl (C=O) groups is 2. The number of fused-ring (bicyclic) bond motifs is 1. The van der Waals surface area contributed by atoms with Crippen molar-refractivity contribution in [2.75, 3.05) is 6.61 Å². The highest BCUT2D eigenvalue weighted by molar-refractivity contribution is 5.89. The third-order valence-electron chi connectivity index (χ3n) is 4.14. The summed E-state index contributed by atoms with van der Waals surface area (Å²) >= 11 is 0. The van der Waals surface area contributed by atoms with Crippen molar-refractivity contribution in [3.63, 3.8) is 0 Å². The van der Waals surface area contributed by atoms with E-state index in [0.29, 0.717) is 19.4 Å². The molecule has 2 aromatic carbocycles. The van der Waals surface area contributed by atoms with Crippen molar-refractivity contribution in [2.24, 2.45) is 5.73 Å². The molecular formula is C18H20N2O3. The van der Waals surface area contributed by atoms with Crippen LogP contribution in [0.4, 0.5) is 0 Å².